The van der Waals surface area contributed by atoms with Gasteiger partial charge in [-0.1, -0.05) is 11.6 Å². The molecule has 0 aliphatic heterocycles. The number of thiophene rings is 1. The van der Waals surface area contributed by atoms with Gasteiger partial charge in [0.2, 0.25) is 5.95 Å². The van der Waals surface area contributed by atoms with Crippen molar-refractivity contribution in [2.24, 2.45) is 0 Å². The van der Waals surface area contributed by atoms with Gasteiger partial charge in [-0.05, 0) is 24.6 Å². The molecular weight excluding hydrogens is 218 g/mol. The van der Waals surface area contributed by atoms with Crippen LogP contribution in [0.15, 0.2) is 18.3 Å². The molecule has 0 aliphatic rings. The molecule has 0 aliphatic carbocycles. The first-order valence-corrected chi connectivity index (χ1v) is 5.21. The fourth-order valence-corrected chi connectivity index (χ4v) is 2.24. The van der Waals surface area contributed by atoms with Gasteiger partial charge >= 0.3 is 0 Å². The Morgan fingerprint density at radius 1 is 1.43 bits per heavy atom. The highest BCUT2D eigenvalue weighted by atomic mass is 35.5. The molecule has 0 radical (unpaired) electrons. The first kappa shape index (κ1) is 9.43. The topological polar surface area (TPSA) is 51.8 Å². The molecular formula is C9H8ClN3S. The van der Waals surface area contributed by atoms with Crippen LogP contribution in [-0.4, -0.2) is 9.97 Å². The smallest absolute Gasteiger partial charge is 0.220 e. The van der Waals surface area contributed by atoms with E-state index in [9.17, 15) is 0 Å². The molecule has 2 N–H and O–H groups in total. The van der Waals surface area contributed by atoms with Crippen molar-refractivity contribution in [2.75, 3.05) is 5.73 Å². The zero-order chi connectivity index (χ0) is 10.1. The lowest BCUT2D eigenvalue weighted by Gasteiger charge is -2.01. The van der Waals surface area contributed by atoms with E-state index in [0.29, 0.717) is 0 Å². The second-order valence-electron chi connectivity index (χ2n) is 2.86. The normalized spacial score (nSPS) is 10.4. The molecule has 0 saturated carbocycles. The second-order valence-corrected chi connectivity index (χ2v) is 4.58. The lowest BCUT2D eigenvalue weighted by Crippen LogP contribution is -1.97. The zero-order valence-corrected chi connectivity index (χ0v) is 9.06. The van der Waals surface area contributed by atoms with E-state index in [1.165, 1.54) is 11.3 Å². The van der Waals surface area contributed by atoms with Gasteiger partial charge in [-0.25, -0.2) is 9.97 Å². The summed E-state index contributed by atoms with van der Waals surface area (Å²) in [6, 6.07) is 3.78. The zero-order valence-electron chi connectivity index (χ0n) is 7.49. The SMILES string of the molecule is Cc1cnc(N)nc1-c1ccc(Cl)s1. The summed E-state index contributed by atoms with van der Waals surface area (Å²) in [5.41, 5.74) is 7.37. The number of nitrogen functional groups attached to an aromatic ring is 1. The average molecular weight is 226 g/mol. The summed E-state index contributed by atoms with van der Waals surface area (Å²) in [5.74, 6) is 0.287. The van der Waals surface area contributed by atoms with Crippen molar-refractivity contribution in [3.8, 4) is 10.6 Å². The molecule has 0 aromatic carbocycles. The predicted octanol–water partition coefficient (Wildman–Crippen LogP) is 2.75. The van der Waals surface area contributed by atoms with E-state index in [4.69, 9.17) is 17.3 Å². The summed E-state index contributed by atoms with van der Waals surface area (Å²) >= 11 is 7.33. The summed E-state index contributed by atoms with van der Waals surface area (Å²) < 4.78 is 0.747. The highest BCUT2D eigenvalue weighted by molar-refractivity contribution is 7.19. The number of hydrogen-bond acceptors (Lipinski definition) is 4. The van der Waals surface area contributed by atoms with Crippen LogP contribution in [0.5, 0.6) is 0 Å². The number of halogens is 1. The number of nitrogens with zero attached hydrogens (tertiary/aromatic N) is 2. The number of nitrogens with two attached hydrogens (primary N) is 1. The fraction of sp³-hybridized carbons (Fsp3) is 0.111. The summed E-state index contributed by atoms with van der Waals surface area (Å²) in [7, 11) is 0. The molecule has 0 saturated heterocycles. The molecule has 2 heterocycles. The van der Waals surface area contributed by atoms with Crippen LogP contribution in [0.4, 0.5) is 5.95 Å². The number of aryl methyl sites for hydroxylation is 1. The maximum Gasteiger partial charge on any atom is 0.220 e. The minimum atomic E-state index is 0.287. The van der Waals surface area contributed by atoms with Gasteiger partial charge < -0.3 is 5.73 Å². The van der Waals surface area contributed by atoms with Crippen molar-refractivity contribution in [1.29, 1.82) is 0 Å². The van der Waals surface area contributed by atoms with Crippen LogP contribution in [0.1, 0.15) is 5.56 Å². The number of anilines is 1. The number of hydrogen-bond donors (Lipinski definition) is 1. The van der Waals surface area contributed by atoms with Crippen LogP contribution in [-0.2, 0) is 0 Å². The highest BCUT2D eigenvalue weighted by Gasteiger charge is 2.07. The molecule has 0 spiro atoms. The molecule has 0 bridgehead atoms. The Balaban J connectivity index is 2.55. The van der Waals surface area contributed by atoms with Gasteiger partial charge in [0.25, 0.3) is 0 Å². The molecule has 0 atom stereocenters. The molecule has 2 aromatic rings. The van der Waals surface area contributed by atoms with E-state index >= 15 is 0 Å². The average Bonchev–Trinajstić information content (AvgIpc) is 2.56. The summed E-state index contributed by atoms with van der Waals surface area (Å²) in [5, 5.41) is 0. The quantitative estimate of drug-likeness (QED) is 0.812. The molecule has 0 amide bonds. The monoisotopic (exact) mass is 225 g/mol. The van der Waals surface area contributed by atoms with Crippen LogP contribution in [0.2, 0.25) is 4.34 Å². The molecule has 5 heteroatoms. The summed E-state index contributed by atoms with van der Waals surface area (Å²) in [4.78, 5) is 9.10. The van der Waals surface area contributed by atoms with E-state index in [0.717, 1.165) is 20.5 Å². The van der Waals surface area contributed by atoms with Crippen LogP contribution >= 0.6 is 22.9 Å². The third-order valence-corrected chi connectivity index (χ3v) is 3.03. The van der Waals surface area contributed by atoms with Gasteiger partial charge in [-0.3, -0.25) is 0 Å². The van der Waals surface area contributed by atoms with Gasteiger partial charge in [-0.15, -0.1) is 11.3 Å². The summed E-state index contributed by atoms with van der Waals surface area (Å²) in [6.45, 7) is 1.95. The Hall–Kier alpha value is -1.13. The third-order valence-electron chi connectivity index (χ3n) is 1.80. The first-order chi connectivity index (χ1) is 6.66. The van der Waals surface area contributed by atoms with Crippen molar-refractivity contribution in [1.82, 2.24) is 9.97 Å². The van der Waals surface area contributed by atoms with Crippen molar-refractivity contribution in [3.05, 3.63) is 28.2 Å². The summed E-state index contributed by atoms with van der Waals surface area (Å²) in [6.07, 6.45) is 1.71. The van der Waals surface area contributed by atoms with Crippen molar-refractivity contribution >= 4 is 28.9 Å². The van der Waals surface area contributed by atoms with Gasteiger partial charge in [0.05, 0.1) is 14.9 Å². The highest BCUT2D eigenvalue weighted by Crippen LogP contribution is 2.31. The van der Waals surface area contributed by atoms with Crippen LogP contribution in [0, 0.1) is 6.92 Å². The van der Waals surface area contributed by atoms with E-state index in [1.807, 2.05) is 19.1 Å². The molecule has 2 aromatic heterocycles. The van der Waals surface area contributed by atoms with Crippen LogP contribution in [0.25, 0.3) is 10.6 Å². The van der Waals surface area contributed by atoms with E-state index in [2.05, 4.69) is 9.97 Å². The Morgan fingerprint density at radius 2 is 2.21 bits per heavy atom. The predicted molar refractivity (Wildman–Crippen MR) is 59.5 cm³/mol. The maximum atomic E-state index is 5.85. The Morgan fingerprint density at radius 3 is 2.86 bits per heavy atom. The molecule has 14 heavy (non-hydrogen) atoms. The Labute approximate surface area is 90.6 Å². The third kappa shape index (κ3) is 1.71. The van der Waals surface area contributed by atoms with E-state index < -0.39 is 0 Å². The van der Waals surface area contributed by atoms with Crippen LogP contribution in [0.3, 0.4) is 0 Å². The van der Waals surface area contributed by atoms with Gasteiger partial charge in [0.15, 0.2) is 0 Å². The molecule has 0 unspecified atom stereocenters. The molecule has 72 valence electrons. The largest absolute Gasteiger partial charge is 0.368 e. The lowest BCUT2D eigenvalue weighted by molar-refractivity contribution is 1.16. The molecule has 0 fully saturated rings. The molecule has 2 rings (SSSR count). The number of rotatable bonds is 1. The Bertz CT molecular complexity index is 467. The standard InChI is InChI=1S/C9H8ClN3S/c1-5-4-12-9(11)13-8(5)6-2-3-7(10)14-6/h2-4H,1H3,(H2,11,12,13). The minimum absolute atomic E-state index is 0.287. The first-order valence-electron chi connectivity index (χ1n) is 4.01. The molecule has 3 nitrogen and oxygen atoms in total. The van der Waals surface area contributed by atoms with Gasteiger partial charge in [-0.2, -0.15) is 0 Å². The van der Waals surface area contributed by atoms with Crippen molar-refractivity contribution < 1.29 is 0 Å². The van der Waals surface area contributed by atoms with Crippen molar-refractivity contribution in [2.45, 2.75) is 6.92 Å². The minimum Gasteiger partial charge on any atom is -0.368 e. The van der Waals surface area contributed by atoms with E-state index in [-0.39, 0.29) is 5.95 Å². The lowest BCUT2D eigenvalue weighted by atomic mass is 10.2. The fourth-order valence-electron chi connectivity index (χ4n) is 1.15. The van der Waals surface area contributed by atoms with Gasteiger partial charge in [0.1, 0.15) is 0 Å². The van der Waals surface area contributed by atoms with Gasteiger partial charge in [0, 0.05) is 6.20 Å². The maximum absolute atomic E-state index is 5.85. The van der Waals surface area contributed by atoms with E-state index in [1.54, 1.807) is 6.20 Å². The van der Waals surface area contributed by atoms with Crippen LogP contribution < -0.4 is 5.73 Å². The Kier molecular flexibility index (Phi) is 2.39. The second kappa shape index (κ2) is 3.55. The number of aromatic nitrogens is 2. The van der Waals surface area contributed by atoms with Crippen molar-refractivity contribution in [3.63, 3.8) is 0 Å².